The lowest BCUT2D eigenvalue weighted by Gasteiger charge is -2.13. The van der Waals surface area contributed by atoms with Gasteiger partial charge in [0, 0.05) is 12.1 Å². The summed E-state index contributed by atoms with van der Waals surface area (Å²) in [6.07, 6.45) is -0.0967. The number of hydrogen-bond donors (Lipinski definition) is 2. The molecule has 0 heterocycles. The Morgan fingerprint density at radius 2 is 1.76 bits per heavy atom. The molecule has 0 bridgehead atoms. The zero-order valence-corrected chi connectivity index (χ0v) is 11.4. The molecule has 0 aliphatic rings. The smallest absolute Gasteiger partial charge is 0.307 e. The van der Waals surface area contributed by atoms with Crippen molar-refractivity contribution < 1.29 is 19.0 Å². The molecule has 0 saturated carbocycles. The van der Waals surface area contributed by atoms with E-state index in [0.717, 1.165) is 0 Å². The van der Waals surface area contributed by atoms with Gasteiger partial charge in [0.2, 0.25) is 0 Å². The quantitative estimate of drug-likeness (QED) is 0.857. The highest BCUT2D eigenvalue weighted by Gasteiger charge is 2.11. The van der Waals surface area contributed by atoms with Gasteiger partial charge in [-0.2, -0.15) is 0 Å². The molecule has 2 rings (SSSR count). The van der Waals surface area contributed by atoms with Crippen LogP contribution in [0.1, 0.15) is 16.7 Å². The Bertz CT molecular complexity index is 643. The van der Waals surface area contributed by atoms with Gasteiger partial charge in [-0.15, -0.1) is 0 Å². The van der Waals surface area contributed by atoms with Gasteiger partial charge in [0.15, 0.2) is 11.6 Å². The molecule has 5 heteroatoms. The van der Waals surface area contributed by atoms with E-state index in [-0.39, 0.29) is 25.3 Å². The number of para-hydroxylation sites is 1. The van der Waals surface area contributed by atoms with Crippen molar-refractivity contribution >= 4 is 5.97 Å². The van der Waals surface area contributed by atoms with Crippen molar-refractivity contribution in [2.45, 2.75) is 19.6 Å². The molecule has 0 unspecified atom stereocenters. The molecular formula is C16H16FNO3. The number of carbonyl (C=O) groups is 1. The fourth-order valence-corrected chi connectivity index (χ4v) is 2.06. The third kappa shape index (κ3) is 3.79. The molecule has 0 spiro atoms. The fraction of sp³-hybridized carbons (Fsp3) is 0.188. The summed E-state index contributed by atoms with van der Waals surface area (Å²) in [5.41, 5.74) is 7.50. The molecule has 110 valence electrons. The van der Waals surface area contributed by atoms with E-state index in [1.165, 1.54) is 6.07 Å². The molecule has 0 aliphatic heterocycles. The molecule has 21 heavy (non-hydrogen) atoms. The lowest BCUT2D eigenvalue weighted by molar-refractivity contribution is -0.136. The Hall–Kier alpha value is -2.40. The average molecular weight is 289 g/mol. The first-order valence-electron chi connectivity index (χ1n) is 6.50. The largest absolute Gasteiger partial charge is 0.485 e. The first-order chi connectivity index (χ1) is 10.1. The van der Waals surface area contributed by atoms with Crippen LogP contribution in [0, 0.1) is 5.82 Å². The third-order valence-corrected chi connectivity index (χ3v) is 3.10. The second-order valence-corrected chi connectivity index (χ2v) is 4.56. The first kappa shape index (κ1) is 15.0. The van der Waals surface area contributed by atoms with E-state index >= 15 is 0 Å². The topological polar surface area (TPSA) is 72.5 Å². The van der Waals surface area contributed by atoms with Crippen molar-refractivity contribution in [3.8, 4) is 5.75 Å². The van der Waals surface area contributed by atoms with Crippen LogP contribution < -0.4 is 10.5 Å². The summed E-state index contributed by atoms with van der Waals surface area (Å²) in [5, 5.41) is 8.89. The molecule has 0 aliphatic carbocycles. The zero-order chi connectivity index (χ0) is 15.2. The van der Waals surface area contributed by atoms with Crippen LogP contribution in [0.5, 0.6) is 5.75 Å². The molecule has 3 N–H and O–H groups in total. The molecular weight excluding hydrogens is 273 g/mol. The summed E-state index contributed by atoms with van der Waals surface area (Å²) in [6.45, 7) is 0.265. The normalized spacial score (nSPS) is 10.4. The zero-order valence-electron chi connectivity index (χ0n) is 11.4. The van der Waals surface area contributed by atoms with Crippen molar-refractivity contribution in [1.29, 1.82) is 0 Å². The van der Waals surface area contributed by atoms with Crippen molar-refractivity contribution in [1.82, 2.24) is 0 Å². The van der Waals surface area contributed by atoms with E-state index in [9.17, 15) is 9.18 Å². The van der Waals surface area contributed by atoms with Crippen LogP contribution >= 0.6 is 0 Å². The second-order valence-electron chi connectivity index (χ2n) is 4.56. The number of halogens is 1. The Kier molecular flexibility index (Phi) is 4.90. The Morgan fingerprint density at radius 3 is 2.43 bits per heavy atom. The number of aliphatic carboxylic acids is 1. The Balaban J connectivity index is 2.19. The summed E-state index contributed by atoms with van der Waals surface area (Å²) in [7, 11) is 0. The molecule has 0 fully saturated rings. The summed E-state index contributed by atoms with van der Waals surface area (Å²) in [5.74, 6) is -1.28. The monoisotopic (exact) mass is 289 g/mol. The van der Waals surface area contributed by atoms with Gasteiger partial charge in [-0.1, -0.05) is 36.4 Å². The van der Waals surface area contributed by atoms with Crippen LogP contribution in [0.4, 0.5) is 4.39 Å². The molecule has 0 atom stereocenters. The highest BCUT2D eigenvalue weighted by Crippen LogP contribution is 2.24. The van der Waals surface area contributed by atoms with Gasteiger partial charge in [-0.25, -0.2) is 4.39 Å². The Labute approximate surface area is 122 Å². The predicted octanol–water partition coefficient (Wildman–Crippen LogP) is 2.49. The fourth-order valence-electron chi connectivity index (χ4n) is 2.06. The van der Waals surface area contributed by atoms with Gasteiger partial charge in [0.1, 0.15) is 6.61 Å². The van der Waals surface area contributed by atoms with E-state index < -0.39 is 11.8 Å². The van der Waals surface area contributed by atoms with Gasteiger partial charge in [-0.05, 0) is 17.2 Å². The minimum atomic E-state index is -0.920. The van der Waals surface area contributed by atoms with Crippen LogP contribution in [0.25, 0.3) is 0 Å². The molecule has 2 aromatic carbocycles. The lowest BCUT2D eigenvalue weighted by Crippen LogP contribution is -2.08. The number of ether oxygens (including phenoxy) is 1. The lowest BCUT2D eigenvalue weighted by atomic mass is 10.1. The van der Waals surface area contributed by atoms with E-state index in [4.69, 9.17) is 15.6 Å². The maximum atomic E-state index is 13.8. The van der Waals surface area contributed by atoms with E-state index in [1.807, 2.05) is 0 Å². The molecule has 0 aromatic heterocycles. The Morgan fingerprint density at radius 1 is 1.10 bits per heavy atom. The highest BCUT2D eigenvalue weighted by molar-refractivity contribution is 5.70. The second kappa shape index (κ2) is 6.85. The average Bonchev–Trinajstić information content (AvgIpc) is 2.46. The summed E-state index contributed by atoms with van der Waals surface area (Å²) >= 11 is 0. The maximum Gasteiger partial charge on any atom is 0.307 e. The predicted molar refractivity (Wildman–Crippen MR) is 76.4 cm³/mol. The van der Waals surface area contributed by atoms with Gasteiger partial charge in [0.05, 0.1) is 6.42 Å². The molecule has 4 nitrogen and oxygen atoms in total. The molecule has 0 amide bonds. The molecule has 0 saturated heterocycles. The molecule has 2 aromatic rings. The van der Waals surface area contributed by atoms with Crippen LogP contribution in [0.15, 0.2) is 42.5 Å². The maximum absolute atomic E-state index is 13.8. The third-order valence-electron chi connectivity index (χ3n) is 3.10. The standard InChI is InChI=1S/C16H16FNO3/c17-14-7-3-6-12(9-18)16(14)21-10-13-5-2-1-4-11(13)8-15(19)20/h1-7H,8-10,18H2,(H,19,20). The van der Waals surface area contributed by atoms with Gasteiger partial charge < -0.3 is 15.6 Å². The number of nitrogens with two attached hydrogens (primary N) is 1. The number of carboxylic acids is 1. The number of benzene rings is 2. The van der Waals surface area contributed by atoms with Crippen LogP contribution in [0.2, 0.25) is 0 Å². The highest BCUT2D eigenvalue weighted by atomic mass is 19.1. The van der Waals surface area contributed by atoms with Crippen LogP contribution in [0.3, 0.4) is 0 Å². The minimum absolute atomic E-state index is 0.0946. The SMILES string of the molecule is NCc1cccc(F)c1OCc1ccccc1CC(=O)O. The summed E-state index contributed by atoms with van der Waals surface area (Å²) < 4.78 is 19.3. The van der Waals surface area contributed by atoms with Crippen LogP contribution in [-0.4, -0.2) is 11.1 Å². The van der Waals surface area contributed by atoms with Crippen molar-refractivity contribution in [3.05, 3.63) is 65.0 Å². The van der Waals surface area contributed by atoms with Gasteiger partial charge in [0.25, 0.3) is 0 Å². The van der Waals surface area contributed by atoms with Crippen LogP contribution in [-0.2, 0) is 24.4 Å². The molecule has 0 radical (unpaired) electrons. The van der Waals surface area contributed by atoms with Gasteiger partial charge >= 0.3 is 5.97 Å². The van der Waals surface area contributed by atoms with Crippen molar-refractivity contribution in [2.24, 2.45) is 5.73 Å². The van der Waals surface area contributed by atoms with Crippen molar-refractivity contribution in [3.63, 3.8) is 0 Å². The number of carboxylic acid groups (broad SMARTS) is 1. The summed E-state index contributed by atoms with van der Waals surface area (Å²) in [4.78, 5) is 10.8. The van der Waals surface area contributed by atoms with E-state index in [0.29, 0.717) is 16.7 Å². The first-order valence-corrected chi connectivity index (χ1v) is 6.50. The van der Waals surface area contributed by atoms with E-state index in [2.05, 4.69) is 0 Å². The van der Waals surface area contributed by atoms with E-state index in [1.54, 1.807) is 36.4 Å². The summed E-state index contributed by atoms with van der Waals surface area (Å²) in [6, 6.07) is 11.6. The van der Waals surface area contributed by atoms with Gasteiger partial charge in [-0.3, -0.25) is 4.79 Å². The number of rotatable bonds is 6. The minimum Gasteiger partial charge on any atom is -0.485 e. The number of hydrogen-bond acceptors (Lipinski definition) is 3. The van der Waals surface area contributed by atoms with Crippen molar-refractivity contribution in [2.75, 3.05) is 0 Å².